The lowest BCUT2D eigenvalue weighted by molar-refractivity contribution is 0.106. The molecule has 0 saturated heterocycles. The van der Waals surface area contributed by atoms with Crippen LogP contribution in [-0.4, -0.2) is 52.0 Å². The van der Waals surface area contributed by atoms with Gasteiger partial charge in [0.25, 0.3) is 0 Å². The van der Waals surface area contributed by atoms with Gasteiger partial charge >= 0.3 is 0 Å². The molecule has 20 heavy (non-hydrogen) atoms. The number of rotatable bonds is 12. The van der Waals surface area contributed by atoms with E-state index in [1.165, 1.54) is 0 Å². The van der Waals surface area contributed by atoms with Crippen molar-refractivity contribution in [1.29, 1.82) is 0 Å². The summed E-state index contributed by atoms with van der Waals surface area (Å²) in [6.07, 6.45) is 1.13. The van der Waals surface area contributed by atoms with Gasteiger partial charge in [-0.2, -0.15) is 0 Å². The first kappa shape index (κ1) is 17.2. The SMILES string of the molecule is CCCNCc1ccc(CN(CCOC)CCOC)o1. The lowest BCUT2D eigenvalue weighted by atomic mass is 10.3. The average Bonchev–Trinajstić information content (AvgIpc) is 2.89. The fourth-order valence-electron chi connectivity index (χ4n) is 1.92. The molecule has 0 saturated carbocycles. The third-order valence-corrected chi connectivity index (χ3v) is 3.05. The van der Waals surface area contributed by atoms with Crippen LogP contribution in [0.4, 0.5) is 0 Å². The molecule has 0 atom stereocenters. The molecule has 0 fully saturated rings. The number of nitrogens with zero attached hydrogens (tertiary/aromatic N) is 1. The van der Waals surface area contributed by atoms with Crippen molar-refractivity contribution in [3.8, 4) is 0 Å². The third kappa shape index (κ3) is 7.05. The third-order valence-electron chi connectivity index (χ3n) is 3.05. The first-order chi connectivity index (χ1) is 9.80. The molecule has 5 nitrogen and oxygen atoms in total. The van der Waals surface area contributed by atoms with Gasteiger partial charge in [-0.1, -0.05) is 6.92 Å². The standard InChI is InChI=1S/C15H28N2O3/c1-4-7-16-12-14-5-6-15(20-14)13-17(8-10-18-2)9-11-19-3/h5-6,16H,4,7-13H2,1-3H3. The molecule has 5 heteroatoms. The molecule has 0 aliphatic heterocycles. The Labute approximate surface area is 122 Å². The minimum atomic E-state index is 0.718. The van der Waals surface area contributed by atoms with Gasteiger partial charge in [0.05, 0.1) is 26.3 Å². The van der Waals surface area contributed by atoms with E-state index in [0.717, 1.165) is 63.9 Å². The molecule has 1 heterocycles. The van der Waals surface area contributed by atoms with E-state index in [-0.39, 0.29) is 0 Å². The maximum absolute atomic E-state index is 5.83. The monoisotopic (exact) mass is 284 g/mol. The Morgan fingerprint density at radius 1 is 1.10 bits per heavy atom. The molecule has 0 amide bonds. The second-order valence-electron chi connectivity index (χ2n) is 4.81. The van der Waals surface area contributed by atoms with Crippen LogP contribution in [0.3, 0.4) is 0 Å². The fourth-order valence-corrected chi connectivity index (χ4v) is 1.92. The first-order valence-electron chi connectivity index (χ1n) is 7.28. The second-order valence-corrected chi connectivity index (χ2v) is 4.81. The van der Waals surface area contributed by atoms with Crippen molar-refractivity contribution in [2.45, 2.75) is 26.4 Å². The zero-order valence-corrected chi connectivity index (χ0v) is 13.0. The van der Waals surface area contributed by atoms with E-state index in [9.17, 15) is 0 Å². The summed E-state index contributed by atoms with van der Waals surface area (Å²) in [7, 11) is 3.44. The summed E-state index contributed by atoms with van der Waals surface area (Å²) >= 11 is 0. The maximum atomic E-state index is 5.83. The summed E-state index contributed by atoms with van der Waals surface area (Å²) < 4.78 is 16.1. The summed E-state index contributed by atoms with van der Waals surface area (Å²) in [6, 6.07) is 4.10. The molecule has 1 N–H and O–H groups in total. The predicted molar refractivity (Wildman–Crippen MR) is 79.7 cm³/mol. The van der Waals surface area contributed by atoms with Crippen molar-refractivity contribution in [3.63, 3.8) is 0 Å². The molecular formula is C15H28N2O3. The quantitative estimate of drug-likeness (QED) is 0.594. The Hall–Kier alpha value is -0.880. The number of ether oxygens (including phenoxy) is 2. The maximum Gasteiger partial charge on any atom is 0.118 e. The highest BCUT2D eigenvalue weighted by Crippen LogP contribution is 2.10. The summed E-state index contributed by atoms with van der Waals surface area (Å²) in [4.78, 5) is 2.27. The highest BCUT2D eigenvalue weighted by Gasteiger charge is 2.09. The normalized spacial score (nSPS) is 11.4. The zero-order valence-electron chi connectivity index (χ0n) is 13.0. The van der Waals surface area contributed by atoms with Gasteiger partial charge in [-0.15, -0.1) is 0 Å². The zero-order chi connectivity index (χ0) is 14.6. The molecule has 0 unspecified atom stereocenters. The van der Waals surface area contributed by atoms with Crippen LogP contribution in [0.5, 0.6) is 0 Å². The van der Waals surface area contributed by atoms with Crippen molar-refractivity contribution < 1.29 is 13.9 Å². The van der Waals surface area contributed by atoms with Crippen LogP contribution in [-0.2, 0) is 22.6 Å². The predicted octanol–water partition coefficient (Wildman–Crippen LogP) is 1.87. The van der Waals surface area contributed by atoms with Crippen molar-refractivity contribution in [1.82, 2.24) is 10.2 Å². The molecular weight excluding hydrogens is 256 g/mol. The van der Waals surface area contributed by atoms with Crippen LogP contribution in [0.25, 0.3) is 0 Å². The van der Waals surface area contributed by atoms with Gasteiger partial charge in [-0.3, -0.25) is 4.90 Å². The highest BCUT2D eigenvalue weighted by atomic mass is 16.5. The molecule has 0 spiro atoms. The van der Waals surface area contributed by atoms with Crippen molar-refractivity contribution in [2.75, 3.05) is 47.1 Å². The summed E-state index contributed by atoms with van der Waals surface area (Å²) in [6.45, 7) is 7.96. The molecule has 1 aromatic rings. The minimum absolute atomic E-state index is 0.718. The van der Waals surface area contributed by atoms with Crippen LogP contribution < -0.4 is 5.32 Å². The Balaban J connectivity index is 2.41. The smallest absolute Gasteiger partial charge is 0.118 e. The van der Waals surface area contributed by atoms with Crippen molar-refractivity contribution in [2.24, 2.45) is 0 Å². The van der Waals surface area contributed by atoms with E-state index in [0.29, 0.717) is 0 Å². The van der Waals surface area contributed by atoms with E-state index in [1.54, 1.807) is 14.2 Å². The van der Waals surface area contributed by atoms with E-state index >= 15 is 0 Å². The van der Waals surface area contributed by atoms with Gasteiger partial charge in [0, 0.05) is 27.3 Å². The number of furan rings is 1. The summed E-state index contributed by atoms with van der Waals surface area (Å²) in [5, 5.41) is 3.34. The van der Waals surface area contributed by atoms with Gasteiger partial charge in [0.1, 0.15) is 11.5 Å². The van der Waals surface area contributed by atoms with Crippen LogP contribution >= 0.6 is 0 Å². The van der Waals surface area contributed by atoms with Gasteiger partial charge < -0.3 is 19.2 Å². The molecule has 1 rings (SSSR count). The topological polar surface area (TPSA) is 46.9 Å². The van der Waals surface area contributed by atoms with E-state index in [1.807, 2.05) is 6.07 Å². The molecule has 0 bridgehead atoms. The Bertz CT molecular complexity index is 334. The van der Waals surface area contributed by atoms with Gasteiger partial charge in [0.15, 0.2) is 0 Å². The Morgan fingerprint density at radius 3 is 2.35 bits per heavy atom. The van der Waals surface area contributed by atoms with Crippen LogP contribution in [0.15, 0.2) is 16.5 Å². The number of nitrogens with one attached hydrogen (secondary N) is 1. The average molecular weight is 284 g/mol. The number of hydrogen-bond donors (Lipinski definition) is 1. The van der Waals surface area contributed by atoms with E-state index < -0.39 is 0 Å². The lowest BCUT2D eigenvalue weighted by Gasteiger charge is -2.20. The number of methoxy groups -OCH3 is 2. The highest BCUT2D eigenvalue weighted by molar-refractivity contribution is 5.07. The van der Waals surface area contributed by atoms with Crippen LogP contribution in [0.1, 0.15) is 24.9 Å². The van der Waals surface area contributed by atoms with Crippen LogP contribution in [0, 0.1) is 0 Å². The molecule has 0 aromatic carbocycles. The fraction of sp³-hybridized carbons (Fsp3) is 0.733. The van der Waals surface area contributed by atoms with Crippen molar-refractivity contribution >= 4 is 0 Å². The molecule has 116 valence electrons. The van der Waals surface area contributed by atoms with E-state index in [4.69, 9.17) is 13.9 Å². The molecule has 0 radical (unpaired) electrons. The number of hydrogen-bond acceptors (Lipinski definition) is 5. The minimum Gasteiger partial charge on any atom is -0.463 e. The van der Waals surface area contributed by atoms with Gasteiger partial charge in [0.2, 0.25) is 0 Å². The van der Waals surface area contributed by atoms with Crippen molar-refractivity contribution in [3.05, 3.63) is 23.7 Å². The molecule has 1 aromatic heterocycles. The Morgan fingerprint density at radius 2 is 1.75 bits per heavy atom. The lowest BCUT2D eigenvalue weighted by Crippen LogP contribution is -2.30. The van der Waals surface area contributed by atoms with Gasteiger partial charge in [-0.25, -0.2) is 0 Å². The second kappa shape index (κ2) is 10.9. The molecule has 0 aliphatic rings. The first-order valence-corrected chi connectivity index (χ1v) is 7.28. The Kier molecular flexibility index (Phi) is 9.32. The summed E-state index contributed by atoms with van der Waals surface area (Å²) in [5.41, 5.74) is 0. The van der Waals surface area contributed by atoms with E-state index in [2.05, 4.69) is 23.2 Å². The summed E-state index contributed by atoms with van der Waals surface area (Å²) in [5.74, 6) is 1.98. The molecule has 0 aliphatic carbocycles. The largest absolute Gasteiger partial charge is 0.463 e. The van der Waals surface area contributed by atoms with Crippen LogP contribution in [0.2, 0.25) is 0 Å². The van der Waals surface area contributed by atoms with Gasteiger partial charge in [-0.05, 0) is 25.1 Å².